The van der Waals surface area contributed by atoms with Gasteiger partial charge in [0.05, 0.1) is 17.6 Å². The Kier molecular flexibility index (Phi) is 3.35. The third-order valence-corrected chi connectivity index (χ3v) is 3.44. The van der Waals surface area contributed by atoms with Crippen molar-refractivity contribution >= 4 is 18.9 Å². The Morgan fingerprint density at radius 2 is 2.10 bits per heavy atom. The van der Waals surface area contributed by atoms with E-state index in [2.05, 4.69) is 4.98 Å². The largest absolute Gasteiger partial charge is 0.322 e. The number of aromatic nitrogens is 2. The van der Waals surface area contributed by atoms with Crippen molar-refractivity contribution in [2.24, 2.45) is 0 Å². The van der Waals surface area contributed by atoms with Crippen molar-refractivity contribution in [3.63, 3.8) is 0 Å². The molecule has 1 saturated heterocycles. The second-order valence-corrected chi connectivity index (χ2v) is 5.33. The minimum absolute atomic E-state index is 0.0644. The summed E-state index contributed by atoms with van der Waals surface area (Å²) in [6.07, 6.45) is -0.540. The van der Waals surface area contributed by atoms with E-state index in [0.29, 0.717) is 12.2 Å². The summed E-state index contributed by atoms with van der Waals surface area (Å²) >= 11 is 0. The molecule has 0 aliphatic carbocycles. The molecule has 1 aromatic carbocycles. The fraction of sp³-hybridized carbons (Fsp3) is 0.429. The van der Waals surface area contributed by atoms with Gasteiger partial charge in [-0.15, -0.1) is 0 Å². The third kappa shape index (κ3) is 2.25. The lowest BCUT2D eigenvalue weighted by Crippen LogP contribution is -2.44. The molecule has 1 fully saturated rings. The molecule has 0 bridgehead atoms. The summed E-state index contributed by atoms with van der Waals surface area (Å²) in [7, 11) is 1.97. The molecule has 3 rings (SSSR count). The molecule has 1 aromatic heterocycles. The van der Waals surface area contributed by atoms with Gasteiger partial charge < -0.3 is 14.0 Å². The van der Waals surface area contributed by atoms with Gasteiger partial charge in [-0.3, -0.25) is 4.79 Å². The van der Waals surface area contributed by atoms with E-state index in [1.54, 1.807) is 4.57 Å². The Morgan fingerprint density at radius 3 is 2.75 bits per heavy atom. The predicted molar refractivity (Wildman–Crippen MR) is 78.4 cm³/mol. The van der Waals surface area contributed by atoms with Gasteiger partial charge in [-0.1, -0.05) is 19.1 Å². The van der Waals surface area contributed by atoms with Crippen LogP contribution in [0.4, 0.5) is 0 Å². The van der Waals surface area contributed by atoms with Crippen molar-refractivity contribution in [2.75, 3.05) is 0 Å². The van der Waals surface area contributed by atoms with Crippen molar-refractivity contribution in [3.05, 3.63) is 40.3 Å². The molecule has 104 valence electrons. The molecule has 0 spiro atoms. The summed E-state index contributed by atoms with van der Waals surface area (Å²) in [5, 5.41) is 0. The number of ether oxygens (including phenoxy) is 2. The number of hydrogen-bond acceptors (Lipinski definition) is 4. The zero-order valence-corrected chi connectivity index (χ0v) is 11.9. The molecule has 5 nitrogen and oxygen atoms in total. The molecule has 1 atom stereocenters. The van der Waals surface area contributed by atoms with Crippen LogP contribution in [-0.2, 0) is 16.0 Å². The van der Waals surface area contributed by atoms with Crippen LogP contribution in [0, 0.1) is 0 Å². The van der Waals surface area contributed by atoms with Crippen LogP contribution in [-0.4, -0.2) is 30.0 Å². The van der Waals surface area contributed by atoms with E-state index in [-0.39, 0.29) is 24.0 Å². The highest BCUT2D eigenvalue weighted by Gasteiger charge is 2.28. The van der Waals surface area contributed by atoms with Crippen LogP contribution < -0.4 is 5.56 Å². The van der Waals surface area contributed by atoms with Crippen molar-refractivity contribution in [3.8, 4) is 0 Å². The molecule has 2 heterocycles. The van der Waals surface area contributed by atoms with Crippen LogP contribution in [0.2, 0.25) is 0 Å². The second-order valence-electron chi connectivity index (χ2n) is 5.33. The average Bonchev–Trinajstić information content (AvgIpc) is 2.39. The highest BCUT2D eigenvalue weighted by atomic mass is 16.9. The lowest BCUT2D eigenvalue weighted by atomic mass is 9.86. The molecule has 1 aliphatic heterocycles. The molecule has 0 N–H and O–H groups in total. The second kappa shape index (κ2) is 5.03. The molecule has 1 aliphatic rings. The Labute approximate surface area is 117 Å². The first kappa shape index (κ1) is 13.3. The summed E-state index contributed by atoms with van der Waals surface area (Å²) in [4.78, 5) is 17.1. The lowest BCUT2D eigenvalue weighted by molar-refractivity contribution is -0.379. The summed E-state index contributed by atoms with van der Waals surface area (Å²) in [6, 6.07) is 7.64. The molecule has 20 heavy (non-hydrogen) atoms. The summed E-state index contributed by atoms with van der Waals surface area (Å²) in [5.74, 6) is 0.0838. The fourth-order valence-electron chi connectivity index (χ4n) is 2.44. The van der Waals surface area contributed by atoms with Crippen LogP contribution in [0.25, 0.3) is 11.0 Å². The van der Waals surface area contributed by atoms with E-state index < -0.39 is 0 Å². The van der Waals surface area contributed by atoms with Gasteiger partial charge >= 0.3 is 0 Å². The van der Waals surface area contributed by atoms with Crippen LogP contribution in [0.3, 0.4) is 0 Å². The van der Waals surface area contributed by atoms with Crippen molar-refractivity contribution in [1.29, 1.82) is 0 Å². The molecule has 0 radical (unpaired) electrons. The topological polar surface area (TPSA) is 53.4 Å². The van der Waals surface area contributed by atoms with E-state index in [4.69, 9.17) is 9.47 Å². The minimum Gasteiger partial charge on any atom is -0.322 e. The number of para-hydroxylation sites is 2. The molecular formula is C14H17BN2O3. The maximum absolute atomic E-state index is 12.6. The van der Waals surface area contributed by atoms with Gasteiger partial charge in [-0.2, -0.15) is 0 Å². The number of fused-ring (bicyclic) bond motifs is 1. The predicted octanol–water partition coefficient (Wildman–Crippen LogP) is 0.809. The van der Waals surface area contributed by atoms with Crippen molar-refractivity contribution in [1.82, 2.24) is 9.55 Å². The quantitative estimate of drug-likeness (QED) is 0.776. The van der Waals surface area contributed by atoms with Gasteiger partial charge in [-0.05, 0) is 24.9 Å². The Balaban J connectivity index is 2.11. The number of nitrogens with zero attached hydrogens (tertiary/aromatic N) is 2. The highest BCUT2D eigenvalue weighted by Crippen LogP contribution is 2.19. The molecule has 6 heteroatoms. The summed E-state index contributed by atoms with van der Waals surface area (Å²) in [6.45, 7) is 4.21. The van der Waals surface area contributed by atoms with Gasteiger partial charge in [0.1, 0.15) is 13.5 Å². The van der Waals surface area contributed by atoms with E-state index in [1.165, 1.54) is 0 Å². The van der Waals surface area contributed by atoms with Gasteiger partial charge in [0.25, 0.3) is 5.56 Å². The molecule has 2 aromatic rings. The fourth-order valence-corrected chi connectivity index (χ4v) is 2.44. The summed E-state index contributed by atoms with van der Waals surface area (Å²) < 4.78 is 12.6. The van der Waals surface area contributed by atoms with E-state index in [1.807, 2.05) is 46.0 Å². The SMILES string of the molecule is BC(C)c1nc2ccccc2n(CC2OC(C)O2)c1=O. The van der Waals surface area contributed by atoms with Gasteiger partial charge in [0.2, 0.25) is 0 Å². The van der Waals surface area contributed by atoms with Gasteiger partial charge in [0.15, 0.2) is 12.6 Å². The third-order valence-electron chi connectivity index (χ3n) is 3.44. The standard InChI is InChI=1S/C14H17BN2O3/c1-8(15)13-14(18)17(7-12-19-9(2)20-12)11-6-4-3-5-10(11)16-13/h3-6,8-9,12H,7,15H2,1-2H3. The first-order chi connectivity index (χ1) is 9.56. The van der Waals surface area contributed by atoms with E-state index in [9.17, 15) is 4.79 Å². The van der Waals surface area contributed by atoms with Gasteiger partial charge in [0, 0.05) is 0 Å². The molecule has 0 saturated carbocycles. The van der Waals surface area contributed by atoms with Crippen molar-refractivity contribution < 1.29 is 9.47 Å². The van der Waals surface area contributed by atoms with Crippen LogP contribution in [0.5, 0.6) is 0 Å². The maximum Gasteiger partial charge on any atom is 0.272 e. The monoisotopic (exact) mass is 272 g/mol. The Hall–Kier alpha value is -1.66. The smallest absolute Gasteiger partial charge is 0.272 e. The molecule has 0 amide bonds. The Morgan fingerprint density at radius 1 is 1.40 bits per heavy atom. The average molecular weight is 272 g/mol. The zero-order chi connectivity index (χ0) is 14.3. The van der Waals surface area contributed by atoms with Crippen LogP contribution in [0.1, 0.15) is 25.4 Å². The number of hydrogen-bond donors (Lipinski definition) is 0. The minimum atomic E-state index is -0.353. The number of benzene rings is 1. The zero-order valence-electron chi connectivity index (χ0n) is 11.9. The van der Waals surface area contributed by atoms with E-state index in [0.717, 1.165) is 11.0 Å². The number of rotatable bonds is 3. The van der Waals surface area contributed by atoms with Crippen LogP contribution >= 0.6 is 0 Å². The lowest BCUT2D eigenvalue weighted by Gasteiger charge is -2.34. The van der Waals surface area contributed by atoms with Crippen molar-refractivity contribution in [2.45, 2.75) is 38.8 Å². The molecule has 1 unspecified atom stereocenters. The van der Waals surface area contributed by atoms with Crippen LogP contribution in [0.15, 0.2) is 29.1 Å². The van der Waals surface area contributed by atoms with Gasteiger partial charge in [-0.25, -0.2) is 4.98 Å². The molecular weight excluding hydrogens is 255 g/mol. The first-order valence-electron chi connectivity index (χ1n) is 6.86. The first-order valence-corrected chi connectivity index (χ1v) is 6.86. The summed E-state index contributed by atoms with van der Waals surface area (Å²) in [5.41, 5.74) is 2.15. The van der Waals surface area contributed by atoms with E-state index >= 15 is 0 Å². The highest BCUT2D eigenvalue weighted by molar-refractivity contribution is 6.11. The Bertz CT molecular complexity index is 692. The maximum atomic E-state index is 12.6. The normalized spacial score (nSPS) is 23.5.